The summed E-state index contributed by atoms with van der Waals surface area (Å²) in [5.74, 6) is 3.03. The van der Waals surface area contributed by atoms with Gasteiger partial charge in [-0.15, -0.1) is 0 Å². The number of rotatable bonds is 6. The highest BCUT2D eigenvalue weighted by Gasteiger charge is 2.21. The predicted molar refractivity (Wildman–Crippen MR) is 149 cm³/mol. The summed E-state index contributed by atoms with van der Waals surface area (Å²) in [6, 6.07) is 20.7. The van der Waals surface area contributed by atoms with E-state index < -0.39 is 0 Å². The van der Waals surface area contributed by atoms with E-state index in [0.29, 0.717) is 12.2 Å². The van der Waals surface area contributed by atoms with Crippen molar-refractivity contribution in [2.24, 2.45) is 0 Å². The monoisotopic (exact) mass is 504 g/mol. The predicted octanol–water partition coefficient (Wildman–Crippen LogP) is 6.97. The average Bonchev–Trinajstić information content (AvgIpc) is 3.46. The molecule has 3 aromatic carbocycles. The lowest BCUT2D eigenvalue weighted by molar-refractivity contribution is 0.393. The minimum Gasteiger partial charge on any atom is -0.497 e. The third-order valence-corrected chi connectivity index (χ3v) is 7.02. The van der Waals surface area contributed by atoms with E-state index in [1.807, 2.05) is 45.0 Å². The van der Waals surface area contributed by atoms with Crippen LogP contribution in [0.5, 0.6) is 11.5 Å². The van der Waals surface area contributed by atoms with Crippen LogP contribution in [0.25, 0.3) is 44.2 Å². The van der Waals surface area contributed by atoms with Crippen molar-refractivity contribution < 1.29 is 14.0 Å². The van der Waals surface area contributed by atoms with Crippen LogP contribution < -0.4 is 9.47 Å². The molecule has 0 amide bonds. The van der Waals surface area contributed by atoms with Crippen molar-refractivity contribution in [3.63, 3.8) is 0 Å². The standard InChI is InChI=1S/C31H28N4O3/c1-17-29(18(2)38-35-17)25-15-26-24(16-28(25)37-5)30-27(32-19(3)33-31(30)34-26)13-21-11-12-22(36-4)14-23(21)20-9-7-6-8-10-20/h6-12,14-16H,13H2,1-5H3,(H,32,33,34). The van der Waals surface area contributed by atoms with Gasteiger partial charge in [0, 0.05) is 28.3 Å². The summed E-state index contributed by atoms with van der Waals surface area (Å²) in [4.78, 5) is 13.2. The molecule has 0 aliphatic heterocycles. The molecule has 38 heavy (non-hydrogen) atoms. The molecule has 0 aliphatic carbocycles. The topological polar surface area (TPSA) is 86.1 Å². The smallest absolute Gasteiger partial charge is 0.142 e. The maximum Gasteiger partial charge on any atom is 0.142 e. The Bertz CT molecular complexity index is 1780. The van der Waals surface area contributed by atoms with E-state index in [9.17, 15) is 0 Å². The molecule has 190 valence electrons. The second-order valence-electron chi connectivity index (χ2n) is 9.43. The number of benzene rings is 3. The van der Waals surface area contributed by atoms with Gasteiger partial charge in [0.1, 0.15) is 28.7 Å². The summed E-state index contributed by atoms with van der Waals surface area (Å²) in [6.07, 6.45) is 0.634. The molecule has 0 spiro atoms. The maximum absolute atomic E-state index is 5.85. The number of fused-ring (bicyclic) bond motifs is 3. The number of hydrogen-bond acceptors (Lipinski definition) is 6. The maximum atomic E-state index is 5.85. The first-order chi connectivity index (χ1) is 18.5. The van der Waals surface area contributed by atoms with E-state index >= 15 is 0 Å². The second kappa shape index (κ2) is 9.34. The van der Waals surface area contributed by atoms with Crippen molar-refractivity contribution in [2.75, 3.05) is 14.2 Å². The number of nitrogens with one attached hydrogen (secondary N) is 1. The van der Waals surface area contributed by atoms with E-state index in [1.165, 1.54) is 0 Å². The van der Waals surface area contributed by atoms with Crippen LogP contribution >= 0.6 is 0 Å². The Labute approximate surface area is 220 Å². The number of aromatic amines is 1. The minimum absolute atomic E-state index is 0.634. The number of nitrogens with zero attached hydrogens (tertiary/aromatic N) is 3. The van der Waals surface area contributed by atoms with Crippen LogP contribution in [-0.2, 0) is 6.42 Å². The zero-order valence-corrected chi connectivity index (χ0v) is 22.0. The van der Waals surface area contributed by atoms with Crippen LogP contribution in [0.4, 0.5) is 0 Å². The van der Waals surface area contributed by atoms with Gasteiger partial charge in [-0.25, -0.2) is 9.97 Å². The molecule has 6 rings (SSSR count). The molecule has 7 heteroatoms. The highest BCUT2D eigenvalue weighted by molar-refractivity contribution is 6.09. The molecule has 0 unspecified atom stereocenters. The molecule has 0 saturated heterocycles. The van der Waals surface area contributed by atoms with Crippen molar-refractivity contribution in [3.8, 4) is 33.8 Å². The van der Waals surface area contributed by atoms with Crippen molar-refractivity contribution in [3.05, 3.63) is 89.2 Å². The lowest BCUT2D eigenvalue weighted by Crippen LogP contribution is -2.00. The van der Waals surface area contributed by atoms with Crippen LogP contribution in [0, 0.1) is 20.8 Å². The highest BCUT2D eigenvalue weighted by atomic mass is 16.5. The molecule has 1 N–H and O–H groups in total. The summed E-state index contributed by atoms with van der Waals surface area (Å²) in [7, 11) is 3.38. The van der Waals surface area contributed by atoms with E-state index in [1.54, 1.807) is 14.2 Å². The van der Waals surface area contributed by atoms with Gasteiger partial charge in [0.25, 0.3) is 0 Å². The first kappa shape index (κ1) is 23.7. The number of ether oxygens (including phenoxy) is 2. The van der Waals surface area contributed by atoms with Crippen molar-refractivity contribution in [2.45, 2.75) is 27.2 Å². The van der Waals surface area contributed by atoms with Crippen molar-refractivity contribution in [1.29, 1.82) is 0 Å². The number of aryl methyl sites for hydroxylation is 3. The van der Waals surface area contributed by atoms with Crippen LogP contribution in [0.15, 0.2) is 65.2 Å². The van der Waals surface area contributed by atoms with Crippen molar-refractivity contribution in [1.82, 2.24) is 20.1 Å². The molecule has 3 heterocycles. The average molecular weight is 505 g/mol. The first-order valence-electron chi connectivity index (χ1n) is 12.5. The largest absolute Gasteiger partial charge is 0.497 e. The molecule has 0 saturated carbocycles. The lowest BCUT2D eigenvalue weighted by Gasteiger charge is -2.13. The van der Waals surface area contributed by atoms with Gasteiger partial charge in [-0.2, -0.15) is 0 Å². The minimum atomic E-state index is 0.634. The summed E-state index contributed by atoms with van der Waals surface area (Å²) < 4.78 is 16.8. The van der Waals surface area contributed by atoms with E-state index in [4.69, 9.17) is 24.0 Å². The highest BCUT2D eigenvalue weighted by Crippen LogP contribution is 2.40. The normalized spacial score (nSPS) is 11.4. The Balaban J connectivity index is 1.55. The Hall–Kier alpha value is -4.65. The van der Waals surface area contributed by atoms with Gasteiger partial charge >= 0.3 is 0 Å². The molecule has 0 radical (unpaired) electrons. The zero-order chi connectivity index (χ0) is 26.4. The molecule has 7 nitrogen and oxygen atoms in total. The Morgan fingerprint density at radius 1 is 0.868 bits per heavy atom. The van der Waals surface area contributed by atoms with Gasteiger partial charge in [0.2, 0.25) is 0 Å². The fraction of sp³-hybridized carbons (Fsp3) is 0.194. The zero-order valence-electron chi connectivity index (χ0n) is 22.0. The van der Waals surface area contributed by atoms with Gasteiger partial charge < -0.3 is 19.0 Å². The Kier molecular flexibility index (Phi) is 5.83. The molecule has 0 aliphatic rings. The number of aromatic nitrogens is 4. The van der Waals surface area contributed by atoms with E-state index in [0.717, 1.165) is 78.4 Å². The van der Waals surface area contributed by atoms with E-state index in [-0.39, 0.29) is 0 Å². The summed E-state index contributed by atoms with van der Waals surface area (Å²) in [6.45, 7) is 5.78. The number of hydrogen-bond donors (Lipinski definition) is 1. The van der Waals surface area contributed by atoms with Crippen LogP contribution in [0.3, 0.4) is 0 Å². The number of H-pyrrole nitrogens is 1. The van der Waals surface area contributed by atoms with E-state index in [2.05, 4.69) is 46.5 Å². The van der Waals surface area contributed by atoms with Gasteiger partial charge in [0.15, 0.2) is 0 Å². The fourth-order valence-corrected chi connectivity index (χ4v) is 5.28. The quantitative estimate of drug-likeness (QED) is 0.264. The van der Waals surface area contributed by atoms with Crippen molar-refractivity contribution >= 4 is 21.9 Å². The molecule has 6 aromatic rings. The van der Waals surface area contributed by atoms with Crippen LogP contribution in [0.1, 0.15) is 28.5 Å². The Morgan fingerprint density at radius 3 is 2.39 bits per heavy atom. The summed E-state index contributed by atoms with van der Waals surface area (Å²) in [5.41, 5.74) is 8.80. The van der Waals surface area contributed by atoms with Crippen LogP contribution in [-0.4, -0.2) is 34.3 Å². The molecule has 0 atom stereocenters. The van der Waals surface area contributed by atoms with Gasteiger partial charge in [-0.05, 0) is 61.7 Å². The molecular weight excluding hydrogens is 476 g/mol. The molecule has 0 bridgehead atoms. The Morgan fingerprint density at radius 2 is 1.68 bits per heavy atom. The summed E-state index contributed by atoms with van der Waals surface area (Å²) in [5, 5.41) is 6.14. The first-order valence-corrected chi connectivity index (χ1v) is 12.5. The van der Waals surface area contributed by atoms with Gasteiger partial charge in [-0.3, -0.25) is 0 Å². The fourth-order valence-electron chi connectivity index (χ4n) is 5.28. The number of methoxy groups -OCH3 is 2. The molecular formula is C31H28N4O3. The third-order valence-electron chi connectivity index (χ3n) is 7.02. The molecule has 0 fully saturated rings. The lowest BCUT2D eigenvalue weighted by atomic mass is 9.95. The van der Waals surface area contributed by atoms with Gasteiger partial charge in [0.05, 0.1) is 31.2 Å². The third kappa shape index (κ3) is 3.96. The van der Waals surface area contributed by atoms with Gasteiger partial charge in [-0.1, -0.05) is 41.6 Å². The SMILES string of the molecule is COc1ccc(Cc2nc(C)nc3[nH]c4cc(-c5c(C)noc5C)c(OC)cc4c23)c(-c2ccccc2)c1. The summed E-state index contributed by atoms with van der Waals surface area (Å²) >= 11 is 0. The second-order valence-corrected chi connectivity index (χ2v) is 9.43. The molecule has 3 aromatic heterocycles. The van der Waals surface area contributed by atoms with Crippen LogP contribution in [0.2, 0.25) is 0 Å².